The molecule has 0 unspecified atom stereocenters. The van der Waals surface area contributed by atoms with Crippen LogP contribution in [0.3, 0.4) is 0 Å². The van der Waals surface area contributed by atoms with Crippen molar-refractivity contribution >= 4 is 40.5 Å². The molecule has 1 aliphatic heterocycles. The van der Waals surface area contributed by atoms with E-state index in [0.29, 0.717) is 5.69 Å². The predicted molar refractivity (Wildman–Crippen MR) is 76.1 cm³/mol. The fourth-order valence-electron chi connectivity index (χ4n) is 1.66. The third-order valence-corrected chi connectivity index (χ3v) is 3.48. The monoisotopic (exact) mass is 286 g/mol. The highest BCUT2D eigenvalue weighted by atomic mass is 32.2. The van der Waals surface area contributed by atoms with E-state index >= 15 is 0 Å². The van der Waals surface area contributed by atoms with Crippen LogP contribution in [-0.2, 0) is 9.59 Å². The first-order valence-electron chi connectivity index (χ1n) is 5.73. The van der Waals surface area contributed by atoms with Gasteiger partial charge in [-0.1, -0.05) is 24.3 Å². The summed E-state index contributed by atoms with van der Waals surface area (Å²) in [6.45, 7) is 7.99. The number of imide groups is 1. The molecule has 0 aromatic heterocycles. The lowest BCUT2D eigenvalue weighted by molar-refractivity contribution is -0.127. The van der Waals surface area contributed by atoms with Crippen molar-refractivity contribution in [3.8, 4) is 0 Å². The lowest BCUT2D eigenvalue weighted by Crippen LogP contribution is -2.32. The molecular formula is C14H10N2O3S. The minimum Gasteiger partial charge on any atom is -0.298 e. The normalized spacial score (nSPS) is 16.6. The van der Waals surface area contributed by atoms with Crippen LogP contribution in [0.15, 0.2) is 29.2 Å². The Kier molecular flexibility index (Phi) is 4.01. The Balaban J connectivity index is 2.23. The molecule has 0 aliphatic carbocycles. The van der Waals surface area contributed by atoms with Crippen molar-refractivity contribution in [1.82, 2.24) is 4.90 Å². The van der Waals surface area contributed by atoms with Crippen LogP contribution in [0.2, 0.25) is 0 Å². The van der Waals surface area contributed by atoms with Crippen molar-refractivity contribution in [2.45, 2.75) is 6.92 Å². The Bertz CT molecular complexity index is 656. The molecule has 0 N–H and O–H groups in total. The van der Waals surface area contributed by atoms with Crippen LogP contribution in [0.1, 0.15) is 12.5 Å². The first kappa shape index (κ1) is 14.0. The van der Waals surface area contributed by atoms with Gasteiger partial charge in [0.2, 0.25) is 0 Å². The van der Waals surface area contributed by atoms with E-state index in [4.69, 9.17) is 6.57 Å². The molecule has 0 spiro atoms. The topological polar surface area (TPSA) is 58.8 Å². The number of nitrogens with zero attached hydrogens (tertiary/aromatic N) is 2. The molecule has 1 aromatic rings. The van der Waals surface area contributed by atoms with E-state index in [1.54, 1.807) is 30.3 Å². The zero-order chi connectivity index (χ0) is 14.7. The fourth-order valence-corrected chi connectivity index (χ4v) is 2.49. The molecule has 0 bridgehead atoms. The zero-order valence-electron chi connectivity index (χ0n) is 10.6. The molecule has 1 heterocycles. The molecule has 0 saturated carbocycles. The molecular weight excluding hydrogens is 276 g/mol. The Hall–Kier alpha value is -2.39. The highest BCUT2D eigenvalue weighted by molar-refractivity contribution is 8.18. The Labute approximate surface area is 120 Å². The van der Waals surface area contributed by atoms with E-state index < -0.39 is 11.1 Å². The third-order valence-electron chi connectivity index (χ3n) is 2.57. The first-order valence-corrected chi connectivity index (χ1v) is 6.55. The standard InChI is InChI=1S/C14H10N2O3S/c1-9(17)8-16-13(18)12(20-14(16)19)7-10-3-5-11(15-2)6-4-10/h3-7H,8H2,1H3/b12-7-. The van der Waals surface area contributed by atoms with Gasteiger partial charge in [-0.2, -0.15) is 0 Å². The Morgan fingerprint density at radius 2 is 2.00 bits per heavy atom. The van der Waals surface area contributed by atoms with Gasteiger partial charge in [-0.15, -0.1) is 0 Å². The van der Waals surface area contributed by atoms with E-state index in [0.717, 1.165) is 22.2 Å². The van der Waals surface area contributed by atoms with Crippen molar-refractivity contribution in [1.29, 1.82) is 0 Å². The lowest BCUT2D eigenvalue weighted by Gasteiger charge is -2.08. The number of benzene rings is 1. The number of amides is 2. The van der Waals surface area contributed by atoms with Crippen molar-refractivity contribution in [3.05, 3.63) is 46.2 Å². The number of carbonyl (C=O) groups is 3. The van der Waals surface area contributed by atoms with Gasteiger partial charge in [0.1, 0.15) is 5.78 Å². The largest absolute Gasteiger partial charge is 0.298 e. The molecule has 5 nitrogen and oxygen atoms in total. The molecule has 1 aliphatic rings. The molecule has 0 atom stereocenters. The number of hydrogen-bond acceptors (Lipinski definition) is 4. The van der Waals surface area contributed by atoms with E-state index in [9.17, 15) is 14.4 Å². The molecule has 2 rings (SSSR count). The summed E-state index contributed by atoms with van der Waals surface area (Å²) >= 11 is 0.814. The SMILES string of the molecule is [C-]#[N+]c1ccc(/C=C2\SC(=O)N(CC(C)=O)C2=O)cc1. The van der Waals surface area contributed by atoms with Gasteiger partial charge in [0.15, 0.2) is 5.69 Å². The predicted octanol–water partition coefficient (Wildman–Crippen LogP) is 2.86. The summed E-state index contributed by atoms with van der Waals surface area (Å²) in [6.07, 6.45) is 1.58. The van der Waals surface area contributed by atoms with Gasteiger partial charge < -0.3 is 0 Å². The molecule has 6 heteroatoms. The molecule has 20 heavy (non-hydrogen) atoms. The van der Waals surface area contributed by atoms with Crippen LogP contribution < -0.4 is 0 Å². The zero-order valence-corrected chi connectivity index (χ0v) is 11.4. The number of carbonyl (C=O) groups excluding carboxylic acids is 3. The second-order valence-corrected chi connectivity index (χ2v) is 5.17. The maximum absolute atomic E-state index is 12.0. The van der Waals surface area contributed by atoms with Crippen molar-refractivity contribution in [2.24, 2.45) is 0 Å². The van der Waals surface area contributed by atoms with Crippen LogP contribution in [0.4, 0.5) is 10.5 Å². The van der Waals surface area contributed by atoms with Gasteiger partial charge in [0.05, 0.1) is 18.0 Å². The molecule has 2 amide bonds. The summed E-state index contributed by atoms with van der Waals surface area (Å²) in [7, 11) is 0. The van der Waals surface area contributed by atoms with Gasteiger partial charge in [0.25, 0.3) is 11.1 Å². The minimum absolute atomic E-state index is 0.196. The maximum atomic E-state index is 12.0. The van der Waals surface area contributed by atoms with Crippen LogP contribution in [0, 0.1) is 6.57 Å². The second kappa shape index (κ2) is 5.72. The molecule has 100 valence electrons. The van der Waals surface area contributed by atoms with Crippen molar-refractivity contribution in [2.75, 3.05) is 6.54 Å². The summed E-state index contributed by atoms with van der Waals surface area (Å²) in [5.74, 6) is -0.695. The molecule has 1 fully saturated rings. The number of ketones is 1. The lowest BCUT2D eigenvalue weighted by atomic mass is 10.2. The summed E-state index contributed by atoms with van der Waals surface area (Å²) in [6, 6.07) is 6.68. The fraction of sp³-hybridized carbons (Fsp3) is 0.143. The second-order valence-electron chi connectivity index (χ2n) is 4.17. The van der Waals surface area contributed by atoms with E-state index in [2.05, 4.69) is 4.85 Å². The summed E-state index contributed by atoms with van der Waals surface area (Å²) in [5, 5.41) is -0.436. The van der Waals surface area contributed by atoms with Crippen LogP contribution in [0.25, 0.3) is 10.9 Å². The van der Waals surface area contributed by atoms with Gasteiger partial charge in [0, 0.05) is 0 Å². The maximum Gasteiger partial charge on any atom is 0.293 e. The highest BCUT2D eigenvalue weighted by Crippen LogP contribution is 2.32. The molecule has 1 saturated heterocycles. The first-order chi connectivity index (χ1) is 9.51. The third kappa shape index (κ3) is 2.95. The van der Waals surface area contributed by atoms with E-state index in [1.165, 1.54) is 6.92 Å². The molecule has 0 radical (unpaired) electrons. The Morgan fingerprint density at radius 3 is 2.55 bits per heavy atom. The minimum atomic E-state index is -0.454. The van der Waals surface area contributed by atoms with Crippen molar-refractivity contribution in [3.63, 3.8) is 0 Å². The van der Waals surface area contributed by atoms with Crippen LogP contribution in [0.5, 0.6) is 0 Å². The van der Waals surface area contributed by atoms with Crippen molar-refractivity contribution < 1.29 is 14.4 Å². The average Bonchev–Trinajstić information content (AvgIpc) is 2.67. The molecule has 1 aromatic carbocycles. The Morgan fingerprint density at radius 1 is 1.35 bits per heavy atom. The van der Waals surface area contributed by atoms with Crippen LogP contribution in [-0.4, -0.2) is 28.4 Å². The number of thioether (sulfide) groups is 1. The summed E-state index contributed by atoms with van der Waals surface area (Å²) < 4.78 is 0. The van der Waals surface area contributed by atoms with Gasteiger partial charge >= 0.3 is 0 Å². The summed E-state index contributed by atoms with van der Waals surface area (Å²) in [5.41, 5.74) is 1.23. The number of Topliss-reactive ketones (excluding diaryl/α,β-unsaturated/α-hetero) is 1. The quantitative estimate of drug-likeness (QED) is 0.633. The highest BCUT2D eigenvalue weighted by Gasteiger charge is 2.35. The van der Waals surface area contributed by atoms with Gasteiger partial charge in [-0.05, 0) is 30.3 Å². The van der Waals surface area contributed by atoms with Crippen LogP contribution >= 0.6 is 11.8 Å². The van der Waals surface area contributed by atoms with Gasteiger partial charge in [-0.25, -0.2) is 4.85 Å². The van der Waals surface area contributed by atoms with Gasteiger partial charge in [-0.3, -0.25) is 19.3 Å². The van der Waals surface area contributed by atoms with E-state index in [-0.39, 0.29) is 17.2 Å². The average molecular weight is 286 g/mol. The number of hydrogen-bond donors (Lipinski definition) is 0. The van der Waals surface area contributed by atoms with E-state index in [1.807, 2.05) is 0 Å². The smallest absolute Gasteiger partial charge is 0.293 e. The summed E-state index contributed by atoms with van der Waals surface area (Å²) in [4.78, 5) is 39.2. The number of rotatable bonds is 3.